The summed E-state index contributed by atoms with van der Waals surface area (Å²) in [7, 11) is 0.958. The fourth-order valence-corrected chi connectivity index (χ4v) is 3.16. The highest BCUT2D eigenvalue weighted by Gasteiger charge is 2.11. The first-order valence-corrected chi connectivity index (χ1v) is 11.3. The molecule has 0 fully saturated rings. The minimum atomic E-state index is -0.838. The Labute approximate surface area is 164 Å². The van der Waals surface area contributed by atoms with E-state index in [9.17, 15) is 4.79 Å². The van der Waals surface area contributed by atoms with Crippen molar-refractivity contribution in [3.8, 4) is 0 Å². The van der Waals surface area contributed by atoms with Gasteiger partial charge in [0.1, 0.15) is 6.29 Å². The molecule has 1 aromatic carbocycles. The summed E-state index contributed by atoms with van der Waals surface area (Å²) in [5.41, 5.74) is 2.35. The summed E-state index contributed by atoms with van der Waals surface area (Å²) in [5, 5.41) is 2.98. The molecule has 5 heteroatoms. The number of carbonyl (C=O) groups is 1. The molecule has 0 aromatic heterocycles. The van der Waals surface area contributed by atoms with Gasteiger partial charge >= 0.3 is 0 Å². The number of hydrogen-bond acceptors (Lipinski definition) is 4. The first kappa shape index (κ1) is 29.9. The third kappa shape index (κ3) is 15.5. The molecule has 0 saturated carbocycles. The highest BCUT2D eigenvalue weighted by molar-refractivity contribution is 7.46. The minimum absolute atomic E-state index is 0.121. The van der Waals surface area contributed by atoms with Gasteiger partial charge in [0.05, 0.1) is 19.3 Å². The molecule has 0 aliphatic rings. The van der Waals surface area contributed by atoms with E-state index in [1.165, 1.54) is 5.56 Å². The van der Waals surface area contributed by atoms with E-state index in [4.69, 9.17) is 9.05 Å². The van der Waals surface area contributed by atoms with Crippen molar-refractivity contribution < 1.29 is 13.8 Å². The maximum atomic E-state index is 10.8. The Bertz CT molecular complexity index is 379. The van der Waals surface area contributed by atoms with Crippen molar-refractivity contribution in [3.63, 3.8) is 0 Å². The molecule has 1 aromatic rings. The summed E-state index contributed by atoms with van der Waals surface area (Å²) >= 11 is 0. The zero-order valence-electron chi connectivity index (χ0n) is 18.5. The van der Waals surface area contributed by atoms with Gasteiger partial charge in [-0.25, -0.2) is 0 Å². The van der Waals surface area contributed by atoms with Gasteiger partial charge in [0.2, 0.25) is 0 Å². The molecule has 0 aliphatic heterocycles. The van der Waals surface area contributed by atoms with Gasteiger partial charge in [-0.2, -0.15) is 0 Å². The molecule has 26 heavy (non-hydrogen) atoms. The molecular weight excluding hydrogens is 345 g/mol. The third-order valence-corrected chi connectivity index (χ3v) is 4.59. The number of carbonyl (C=O) groups excluding carboxylic acids is 1. The van der Waals surface area contributed by atoms with Gasteiger partial charge < -0.3 is 19.2 Å². The zero-order valence-corrected chi connectivity index (χ0v) is 19.4. The lowest BCUT2D eigenvalue weighted by molar-refractivity contribution is -0.109. The highest BCUT2D eigenvalue weighted by Crippen LogP contribution is 2.41. The molecule has 0 heterocycles. The Morgan fingerprint density at radius 2 is 1.35 bits per heavy atom. The quantitative estimate of drug-likeness (QED) is 0.396. The van der Waals surface area contributed by atoms with E-state index in [1.54, 1.807) is 7.05 Å². The summed E-state index contributed by atoms with van der Waals surface area (Å²) in [6.07, 6.45) is 2.46. The van der Waals surface area contributed by atoms with Crippen molar-refractivity contribution in [2.75, 3.05) is 20.3 Å². The summed E-state index contributed by atoms with van der Waals surface area (Å²) in [5.74, 6) is 0. The first-order chi connectivity index (χ1) is 12.7. The predicted molar refractivity (Wildman–Crippen MR) is 117 cm³/mol. The SMILES string of the molecule is CC.CC.CC.CCOP(Cc1ccc(CC(C=O)NC)cc1)OCC. The molecule has 4 nitrogen and oxygen atoms in total. The average Bonchev–Trinajstić information content (AvgIpc) is 2.72. The van der Waals surface area contributed by atoms with Crippen LogP contribution in [0.3, 0.4) is 0 Å². The maximum absolute atomic E-state index is 10.8. The van der Waals surface area contributed by atoms with Gasteiger partial charge in [-0.1, -0.05) is 65.8 Å². The largest absolute Gasteiger partial charge is 0.334 e. The molecule has 0 radical (unpaired) electrons. The van der Waals surface area contributed by atoms with Crippen LogP contribution < -0.4 is 5.32 Å². The van der Waals surface area contributed by atoms with Gasteiger partial charge in [-0.05, 0) is 38.4 Å². The minimum Gasteiger partial charge on any atom is -0.334 e. The summed E-state index contributed by atoms with van der Waals surface area (Å²) in [6.45, 7) is 17.3. The number of benzene rings is 1. The second kappa shape index (κ2) is 24.2. The van der Waals surface area contributed by atoms with E-state index in [1.807, 2.05) is 55.4 Å². The first-order valence-electron chi connectivity index (χ1n) is 9.97. The van der Waals surface area contributed by atoms with E-state index < -0.39 is 8.38 Å². The van der Waals surface area contributed by atoms with Crippen LogP contribution in [0, 0.1) is 0 Å². The standard InChI is InChI=1S/C15H24NO3P.3C2H6/c1-4-18-20(19-5-2)12-14-8-6-13(7-9-14)10-15(11-17)16-3;3*1-2/h6-9,11,15-16H,4-5,10,12H2,1-3H3;3*1-2H3. The lowest BCUT2D eigenvalue weighted by Gasteiger charge is -2.16. The molecule has 0 spiro atoms. The summed E-state index contributed by atoms with van der Waals surface area (Å²) < 4.78 is 11.2. The average molecular weight is 388 g/mol. The summed E-state index contributed by atoms with van der Waals surface area (Å²) in [4.78, 5) is 10.8. The topological polar surface area (TPSA) is 47.6 Å². The van der Waals surface area contributed by atoms with Crippen molar-refractivity contribution >= 4 is 14.7 Å². The van der Waals surface area contributed by atoms with Crippen LogP contribution in [-0.4, -0.2) is 32.6 Å². The van der Waals surface area contributed by atoms with Crippen LogP contribution in [-0.2, 0) is 26.4 Å². The van der Waals surface area contributed by atoms with Crippen LogP contribution in [0.25, 0.3) is 0 Å². The Hall–Kier alpha value is -0.800. The van der Waals surface area contributed by atoms with E-state index in [-0.39, 0.29) is 6.04 Å². The Morgan fingerprint density at radius 3 is 1.69 bits per heavy atom. The normalized spacial score (nSPS) is 10.4. The van der Waals surface area contributed by atoms with Crippen molar-refractivity contribution in [1.82, 2.24) is 5.32 Å². The van der Waals surface area contributed by atoms with Crippen molar-refractivity contribution in [1.29, 1.82) is 0 Å². The van der Waals surface area contributed by atoms with Gasteiger partial charge in [0, 0.05) is 6.16 Å². The number of rotatable bonds is 10. The van der Waals surface area contributed by atoms with E-state index in [0.717, 1.165) is 18.0 Å². The lowest BCUT2D eigenvalue weighted by Crippen LogP contribution is -2.28. The Kier molecular flexibility index (Phi) is 27.9. The van der Waals surface area contributed by atoms with Crippen LogP contribution in [0.1, 0.15) is 66.5 Å². The monoisotopic (exact) mass is 387 g/mol. The van der Waals surface area contributed by atoms with Crippen molar-refractivity contribution in [2.45, 2.75) is 74.0 Å². The number of hydrogen-bond donors (Lipinski definition) is 1. The molecule has 1 unspecified atom stereocenters. The molecule has 0 amide bonds. The lowest BCUT2D eigenvalue weighted by atomic mass is 10.1. The second-order valence-corrected chi connectivity index (χ2v) is 5.88. The number of likely N-dealkylation sites (N-methyl/N-ethyl adjacent to an activating group) is 1. The zero-order chi connectivity index (χ0) is 20.8. The van der Waals surface area contributed by atoms with E-state index in [0.29, 0.717) is 19.6 Å². The van der Waals surface area contributed by atoms with Gasteiger partial charge in [-0.3, -0.25) is 0 Å². The van der Waals surface area contributed by atoms with Crippen molar-refractivity contribution in [3.05, 3.63) is 35.4 Å². The van der Waals surface area contributed by atoms with Gasteiger partial charge in [0.25, 0.3) is 0 Å². The van der Waals surface area contributed by atoms with Crippen molar-refractivity contribution in [2.24, 2.45) is 0 Å². The molecule has 1 rings (SSSR count). The number of nitrogens with one attached hydrogen (secondary N) is 1. The fraction of sp³-hybridized carbons (Fsp3) is 0.667. The fourth-order valence-electron chi connectivity index (χ4n) is 1.82. The van der Waals surface area contributed by atoms with Crippen LogP contribution in [0.4, 0.5) is 0 Å². The molecule has 0 bridgehead atoms. The highest BCUT2D eigenvalue weighted by atomic mass is 31.2. The molecule has 1 atom stereocenters. The summed E-state index contributed by atoms with van der Waals surface area (Å²) in [6, 6.07) is 8.17. The molecule has 0 saturated heterocycles. The van der Waals surface area contributed by atoms with Crippen LogP contribution >= 0.6 is 8.38 Å². The van der Waals surface area contributed by atoms with Gasteiger partial charge in [0.15, 0.2) is 8.38 Å². The van der Waals surface area contributed by atoms with E-state index in [2.05, 4.69) is 29.6 Å². The molecule has 1 N–H and O–H groups in total. The maximum Gasteiger partial charge on any atom is 0.175 e. The van der Waals surface area contributed by atoms with E-state index >= 15 is 0 Å². The van der Waals surface area contributed by atoms with Crippen LogP contribution in [0.2, 0.25) is 0 Å². The molecular formula is C21H42NO3P. The molecule has 0 aliphatic carbocycles. The van der Waals surface area contributed by atoms with Gasteiger partial charge in [-0.15, -0.1) is 0 Å². The van der Waals surface area contributed by atoms with Crippen LogP contribution in [0.15, 0.2) is 24.3 Å². The predicted octanol–water partition coefficient (Wildman–Crippen LogP) is 5.98. The second-order valence-electron chi connectivity index (χ2n) is 4.38. The Balaban J connectivity index is -0.000000795. The number of aldehydes is 1. The van der Waals surface area contributed by atoms with Crippen LogP contribution in [0.5, 0.6) is 0 Å². The smallest absolute Gasteiger partial charge is 0.175 e. The third-order valence-electron chi connectivity index (χ3n) is 2.87. The Morgan fingerprint density at radius 1 is 0.923 bits per heavy atom. The molecule has 154 valence electrons.